The molecule has 0 radical (unpaired) electrons. The third kappa shape index (κ3) is 2.67. The van der Waals surface area contributed by atoms with Crippen molar-refractivity contribution < 1.29 is 9.53 Å². The number of likely N-dealkylation sites (N-methyl/N-ethyl adjacent to an activating group) is 1. The fraction of sp³-hybridized carbons (Fsp3) is 0.500. The molecule has 0 fully saturated rings. The van der Waals surface area contributed by atoms with Gasteiger partial charge in [-0.1, -0.05) is 18.5 Å². The molecule has 6 heteroatoms. The Morgan fingerprint density at radius 1 is 1.86 bits per heavy atom. The summed E-state index contributed by atoms with van der Waals surface area (Å²) in [6.07, 6.45) is 1.52. The molecule has 78 valence electrons. The van der Waals surface area contributed by atoms with E-state index in [0.717, 1.165) is 0 Å². The van der Waals surface area contributed by atoms with Gasteiger partial charge in [-0.15, -0.1) is 11.3 Å². The van der Waals surface area contributed by atoms with Crippen molar-refractivity contribution in [2.24, 2.45) is 0 Å². The summed E-state index contributed by atoms with van der Waals surface area (Å²) < 4.78 is 5.21. The summed E-state index contributed by atoms with van der Waals surface area (Å²) in [7, 11) is 1.35. The number of nitrogens with zero attached hydrogens (tertiary/aromatic N) is 1. The lowest BCUT2D eigenvalue weighted by atomic mass is 10.3. The number of hydrogen-bond donors (Lipinski definition) is 1. The standard InChI is InChI=1S/C8H11ClN2O2S/c1-3-10-6(8(12)13-2)7-11-4-5(9)14-7/h4,6,10H,3H2,1-2H3. The zero-order valence-electron chi connectivity index (χ0n) is 7.91. The van der Waals surface area contributed by atoms with E-state index in [-0.39, 0.29) is 5.97 Å². The molecular weight excluding hydrogens is 224 g/mol. The summed E-state index contributed by atoms with van der Waals surface area (Å²) in [6, 6.07) is -0.512. The molecule has 0 saturated heterocycles. The first-order chi connectivity index (χ1) is 6.69. The monoisotopic (exact) mass is 234 g/mol. The SMILES string of the molecule is CCNC(C(=O)OC)c1ncc(Cl)s1. The van der Waals surface area contributed by atoms with E-state index in [1.165, 1.54) is 24.6 Å². The van der Waals surface area contributed by atoms with Crippen molar-refractivity contribution in [2.75, 3.05) is 13.7 Å². The summed E-state index contributed by atoms with van der Waals surface area (Å²) in [6.45, 7) is 2.57. The highest BCUT2D eigenvalue weighted by Crippen LogP contribution is 2.24. The van der Waals surface area contributed by atoms with Crippen molar-refractivity contribution >= 4 is 28.9 Å². The minimum absolute atomic E-state index is 0.349. The van der Waals surface area contributed by atoms with Crippen LogP contribution in [0.25, 0.3) is 0 Å². The summed E-state index contributed by atoms with van der Waals surface area (Å²) in [5, 5.41) is 3.61. The Morgan fingerprint density at radius 3 is 3.00 bits per heavy atom. The minimum Gasteiger partial charge on any atom is -0.468 e. The second kappa shape index (κ2) is 5.29. The Bertz CT molecular complexity index is 316. The first-order valence-corrected chi connectivity index (χ1v) is 5.31. The second-order valence-corrected chi connectivity index (χ2v) is 4.21. The van der Waals surface area contributed by atoms with Crippen LogP contribution in [0.15, 0.2) is 6.20 Å². The van der Waals surface area contributed by atoms with Crippen molar-refractivity contribution in [3.8, 4) is 0 Å². The predicted molar refractivity (Wildman–Crippen MR) is 55.6 cm³/mol. The molecule has 1 N–H and O–H groups in total. The summed E-state index contributed by atoms with van der Waals surface area (Å²) in [5.74, 6) is -0.349. The number of rotatable bonds is 4. The van der Waals surface area contributed by atoms with Gasteiger partial charge in [0.05, 0.1) is 13.3 Å². The average Bonchev–Trinajstić information content (AvgIpc) is 2.60. The molecule has 1 rings (SSSR count). The number of thiazole rings is 1. The molecule has 0 aromatic carbocycles. The molecule has 0 saturated carbocycles. The minimum atomic E-state index is -0.512. The van der Waals surface area contributed by atoms with Crippen LogP contribution in [0, 0.1) is 0 Å². The molecule has 1 unspecified atom stereocenters. The van der Waals surface area contributed by atoms with Crippen molar-refractivity contribution in [3.63, 3.8) is 0 Å². The van der Waals surface area contributed by atoms with Crippen LogP contribution < -0.4 is 5.32 Å². The predicted octanol–water partition coefficient (Wildman–Crippen LogP) is 1.62. The van der Waals surface area contributed by atoms with E-state index in [0.29, 0.717) is 15.9 Å². The van der Waals surface area contributed by atoms with Gasteiger partial charge in [0.1, 0.15) is 9.34 Å². The Morgan fingerprint density at radius 2 is 2.57 bits per heavy atom. The van der Waals surface area contributed by atoms with E-state index in [4.69, 9.17) is 11.6 Å². The van der Waals surface area contributed by atoms with E-state index in [1.807, 2.05) is 6.92 Å². The fourth-order valence-electron chi connectivity index (χ4n) is 0.994. The molecule has 0 spiro atoms. The molecule has 0 aliphatic rings. The molecule has 0 bridgehead atoms. The van der Waals surface area contributed by atoms with E-state index < -0.39 is 6.04 Å². The van der Waals surface area contributed by atoms with Crippen LogP contribution >= 0.6 is 22.9 Å². The van der Waals surface area contributed by atoms with Crippen LogP contribution in [0.3, 0.4) is 0 Å². The van der Waals surface area contributed by atoms with Gasteiger partial charge in [0.15, 0.2) is 6.04 Å². The number of carbonyl (C=O) groups is 1. The number of methoxy groups -OCH3 is 1. The molecular formula is C8H11ClN2O2S. The van der Waals surface area contributed by atoms with Gasteiger partial charge in [-0.05, 0) is 6.54 Å². The second-order valence-electron chi connectivity index (χ2n) is 2.52. The van der Waals surface area contributed by atoms with Gasteiger partial charge >= 0.3 is 5.97 Å². The lowest BCUT2D eigenvalue weighted by Gasteiger charge is -2.11. The third-order valence-corrected chi connectivity index (χ3v) is 2.77. The summed E-state index contributed by atoms with van der Waals surface area (Å²) >= 11 is 7.00. The Labute approximate surface area is 91.2 Å². The van der Waals surface area contributed by atoms with Crippen molar-refractivity contribution in [2.45, 2.75) is 13.0 Å². The number of carbonyl (C=O) groups excluding carboxylic acids is 1. The number of halogens is 1. The highest BCUT2D eigenvalue weighted by Gasteiger charge is 2.23. The lowest BCUT2D eigenvalue weighted by molar-refractivity contribution is -0.143. The maximum Gasteiger partial charge on any atom is 0.330 e. The van der Waals surface area contributed by atoms with Crippen LogP contribution in [0.5, 0.6) is 0 Å². The van der Waals surface area contributed by atoms with E-state index in [9.17, 15) is 4.79 Å². The van der Waals surface area contributed by atoms with Crippen LogP contribution in [-0.4, -0.2) is 24.6 Å². The van der Waals surface area contributed by atoms with Gasteiger partial charge in [0, 0.05) is 0 Å². The van der Waals surface area contributed by atoms with Crippen LogP contribution in [-0.2, 0) is 9.53 Å². The van der Waals surface area contributed by atoms with Crippen molar-refractivity contribution in [1.29, 1.82) is 0 Å². The highest BCUT2D eigenvalue weighted by molar-refractivity contribution is 7.16. The zero-order chi connectivity index (χ0) is 10.6. The first-order valence-electron chi connectivity index (χ1n) is 4.11. The number of hydrogen-bond acceptors (Lipinski definition) is 5. The molecule has 14 heavy (non-hydrogen) atoms. The Kier molecular flexibility index (Phi) is 4.31. The molecule has 1 heterocycles. The zero-order valence-corrected chi connectivity index (χ0v) is 9.48. The Hall–Kier alpha value is -0.650. The maximum atomic E-state index is 11.4. The summed E-state index contributed by atoms with van der Waals surface area (Å²) in [5.41, 5.74) is 0. The molecule has 0 aliphatic heterocycles. The van der Waals surface area contributed by atoms with E-state index in [1.54, 1.807) is 0 Å². The topological polar surface area (TPSA) is 51.2 Å². The molecule has 1 atom stereocenters. The van der Waals surface area contributed by atoms with Gasteiger partial charge in [0.25, 0.3) is 0 Å². The van der Waals surface area contributed by atoms with Gasteiger partial charge in [-0.2, -0.15) is 0 Å². The maximum absolute atomic E-state index is 11.4. The van der Waals surface area contributed by atoms with E-state index >= 15 is 0 Å². The third-order valence-electron chi connectivity index (χ3n) is 1.59. The summed E-state index contributed by atoms with van der Waals surface area (Å²) in [4.78, 5) is 15.4. The van der Waals surface area contributed by atoms with Gasteiger partial charge in [-0.25, -0.2) is 9.78 Å². The van der Waals surface area contributed by atoms with Gasteiger partial charge in [0.2, 0.25) is 0 Å². The smallest absolute Gasteiger partial charge is 0.330 e. The molecule has 0 amide bonds. The molecule has 4 nitrogen and oxygen atoms in total. The van der Waals surface area contributed by atoms with E-state index in [2.05, 4.69) is 15.0 Å². The van der Waals surface area contributed by atoms with Gasteiger partial charge < -0.3 is 4.74 Å². The fourth-order valence-corrected chi connectivity index (χ4v) is 1.99. The number of aromatic nitrogens is 1. The quantitative estimate of drug-likeness (QED) is 0.805. The number of esters is 1. The highest BCUT2D eigenvalue weighted by atomic mass is 35.5. The Balaban J connectivity index is 2.82. The normalized spacial score (nSPS) is 12.5. The van der Waals surface area contributed by atoms with Crippen LogP contribution in [0.2, 0.25) is 4.34 Å². The lowest BCUT2D eigenvalue weighted by Crippen LogP contribution is -2.29. The van der Waals surface area contributed by atoms with Crippen molar-refractivity contribution in [3.05, 3.63) is 15.5 Å². The molecule has 1 aromatic heterocycles. The van der Waals surface area contributed by atoms with Crippen LogP contribution in [0.4, 0.5) is 0 Å². The largest absolute Gasteiger partial charge is 0.468 e. The molecule has 1 aromatic rings. The average molecular weight is 235 g/mol. The van der Waals surface area contributed by atoms with Gasteiger partial charge in [-0.3, -0.25) is 5.32 Å². The molecule has 0 aliphatic carbocycles. The first kappa shape index (κ1) is 11.4. The number of ether oxygens (including phenoxy) is 1. The van der Waals surface area contributed by atoms with Crippen molar-refractivity contribution in [1.82, 2.24) is 10.3 Å². The number of nitrogens with one attached hydrogen (secondary N) is 1. The van der Waals surface area contributed by atoms with Crippen LogP contribution in [0.1, 0.15) is 18.0 Å².